The van der Waals surface area contributed by atoms with Gasteiger partial charge in [-0.1, -0.05) is 42.0 Å². The molecule has 5 heterocycles. The van der Waals surface area contributed by atoms with Gasteiger partial charge in [-0.3, -0.25) is 9.47 Å². The zero-order valence-corrected chi connectivity index (χ0v) is 28.0. The number of piperidine rings is 1. The van der Waals surface area contributed by atoms with Gasteiger partial charge in [0.15, 0.2) is 5.13 Å². The third-order valence-electron chi connectivity index (χ3n) is 9.75. The molecular weight excluding hydrogens is 675 g/mol. The molecule has 2 aromatic heterocycles. The van der Waals surface area contributed by atoms with E-state index in [4.69, 9.17) is 17.3 Å². The van der Waals surface area contributed by atoms with Gasteiger partial charge in [-0.2, -0.15) is 18.2 Å². The fourth-order valence-electron chi connectivity index (χ4n) is 7.16. The Kier molecular flexibility index (Phi) is 8.63. The van der Waals surface area contributed by atoms with Crippen molar-refractivity contribution in [3.05, 3.63) is 39.8 Å². The number of anilines is 2. The van der Waals surface area contributed by atoms with Crippen molar-refractivity contribution in [2.45, 2.75) is 42.7 Å². The van der Waals surface area contributed by atoms with Crippen LogP contribution in [0.2, 0.25) is 5.02 Å². The Morgan fingerprint density at radius 1 is 1.06 bits per heavy atom. The van der Waals surface area contributed by atoms with Crippen LogP contribution in [0.25, 0.3) is 32.2 Å². The van der Waals surface area contributed by atoms with Gasteiger partial charge < -0.3 is 25.7 Å². The molecule has 0 saturated carbocycles. The number of hydrogen-bond donors (Lipinski definition) is 3. The summed E-state index contributed by atoms with van der Waals surface area (Å²) in [6, 6.07) is 7.43. The molecule has 1 atom stereocenters. The normalized spacial score (nSPS) is 20.5. The molecule has 4 N–H and O–H groups in total. The monoisotopic (exact) mass is 709 g/mol. The highest BCUT2D eigenvalue weighted by Gasteiger charge is 2.58. The molecule has 252 valence electrons. The van der Waals surface area contributed by atoms with E-state index in [2.05, 4.69) is 26.7 Å². The SMILES string of the molecule is CCN1CCN(C[C@H]2CSc3c(-c4cccc5sc(N)nc45)c(Cl)cc4c(N5CCC(C(O)(O)C(F)(F)F)CC5)nc(=O)n2c34)CC1. The first-order chi connectivity index (χ1) is 22.4. The van der Waals surface area contributed by atoms with Crippen LogP contribution in [0.4, 0.5) is 24.1 Å². The number of para-hydroxylation sites is 1. The van der Waals surface area contributed by atoms with E-state index in [9.17, 15) is 28.2 Å². The van der Waals surface area contributed by atoms with Gasteiger partial charge in [0.1, 0.15) is 5.82 Å². The number of aromatic nitrogens is 3. The van der Waals surface area contributed by atoms with Crippen LogP contribution in [0.5, 0.6) is 0 Å². The molecule has 0 amide bonds. The van der Waals surface area contributed by atoms with Crippen LogP contribution in [0.15, 0.2) is 34.0 Å². The maximum Gasteiger partial charge on any atom is 0.443 e. The Labute approximate surface area is 281 Å². The Balaban J connectivity index is 1.34. The zero-order valence-electron chi connectivity index (χ0n) is 25.6. The molecule has 16 heteroatoms. The van der Waals surface area contributed by atoms with E-state index in [0.717, 1.165) is 59.0 Å². The molecule has 10 nitrogen and oxygen atoms in total. The lowest BCUT2D eigenvalue weighted by Gasteiger charge is -2.40. The van der Waals surface area contributed by atoms with Crippen molar-refractivity contribution in [1.82, 2.24) is 24.3 Å². The molecule has 0 unspecified atom stereocenters. The quantitative estimate of drug-likeness (QED) is 0.244. The summed E-state index contributed by atoms with van der Waals surface area (Å²) in [6.07, 6.45) is -5.47. The first-order valence-corrected chi connectivity index (χ1v) is 17.8. The number of thioether (sulfide) groups is 1. The van der Waals surface area contributed by atoms with Gasteiger partial charge in [-0.25, -0.2) is 9.78 Å². The molecule has 7 rings (SSSR count). The van der Waals surface area contributed by atoms with E-state index in [0.29, 0.717) is 39.2 Å². The summed E-state index contributed by atoms with van der Waals surface area (Å²) in [5, 5.41) is 21.3. The molecular formula is C31H35ClF3N7O3S2. The number of nitrogens with zero attached hydrogens (tertiary/aromatic N) is 6. The number of rotatable bonds is 6. The van der Waals surface area contributed by atoms with E-state index in [1.54, 1.807) is 27.3 Å². The van der Waals surface area contributed by atoms with Crippen LogP contribution in [0.3, 0.4) is 0 Å². The number of halogens is 4. The number of nitrogen functional groups attached to an aromatic ring is 1. The molecule has 2 fully saturated rings. The number of benzene rings is 2. The van der Waals surface area contributed by atoms with Crippen molar-refractivity contribution in [2.75, 3.05) is 68.7 Å². The number of aliphatic hydroxyl groups is 2. The third kappa shape index (κ3) is 5.77. The first kappa shape index (κ1) is 32.9. The van der Waals surface area contributed by atoms with Crippen LogP contribution in [-0.2, 0) is 0 Å². The van der Waals surface area contributed by atoms with Crippen molar-refractivity contribution in [3.8, 4) is 11.1 Å². The number of piperazine rings is 1. The summed E-state index contributed by atoms with van der Waals surface area (Å²) >= 11 is 10.1. The minimum Gasteiger partial charge on any atom is -0.375 e. The van der Waals surface area contributed by atoms with Crippen LogP contribution in [0, 0.1) is 5.92 Å². The van der Waals surface area contributed by atoms with Crippen molar-refractivity contribution in [2.24, 2.45) is 5.92 Å². The van der Waals surface area contributed by atoms with E-state index < -0.39 is 23.6 Å². The average Bonchev–Trinajstić information content (AvgIpc) is 3.43. The summed E-state index contributed by atoms with van der Waals surface area (Å²) in [6.45, 7) is 7.65. The van der Waals surface area contributed by atoms with Crippen LogP contribution < -0.4 is 16.3 Å². The summed E-state index contributed by atoms with van der Waals surface area (Å²) in [5.41, 5.74) is 8.59. The Morgan fingerprint density at radius 3 is 2.45 bits per heavy atom. The molecule has 3 aliphatic rings. The van der Waals surface area contributed by atoms with E-state index >= 15 is 0 Å². The summed E-state index contributed by atoms with van der Waals surface area (Å²) in [7, 11) is 0. The fraction of sp³-hybridized carbons (Fsp3) is 0.516. The van der Waals surface area contributed by atoms with E-state index in [1.165, 1.54) is 11.3 Å². The van der Waals surface area contributed by atoms with Gasteiger partial charge in [0, 0.05) is 78.9 Å². The van der Waals surface area contributed by atoms with Gasteiger partial charge in [0.25, 0.3) is 5.79 Å². The molecule has 4 aromatic rings. The van der Waals surface area contributed by atoms with Gasteiger partial charge in [-0.05, 0) is 31.5 Å². The minimum atomic E-state index is -5.18. The third-order valence-corrected chi connectivity index (χ3v) is 12.1. The lowest BCUT2D eigenvalue weighted by Crippen LogP contribution is -2.54. The van der Waals surface area contributed by atoms with Gasteiger partial charge in [0.05, 0.1) is 26.8 Å². The number of fused-ring (bicyclic) bond motifs is 1. The maximum absolute atomic E-state index is 14.1. The second-order valence-electron chi connectivity index (χ2n) is 12.4. The summed E-state index contributed by atoms with van der Waals surface area (Å²) in [4.78, 5) is 30.5. The average molecular weight is 710 g/mol. The van der Waals surface area contributed by atoms with E-state index in [-0.39, 0.29) is 32.0 Å². The maximum atomic E-state index is 14.1. The summed E-state index contributed by atoms with van der Waals surface area (Å²) in [5.74, 6) is -4.25. The molecule has 0 radical (unpaired) electrons. The number of likely N-dealkylation sites (N-methyl/N-ethyl adjacent to an activating group) is 1. The molecule has 2 saturated heterocycles. The van der Waals surface area contributed by atoms with Crippen molar-refractivity contribution in [3.63, 3.8) is 0 Å². The fourth-order valence-corrected chi connectivity index (χ4v) is 9.61. The van der Waals surface area contributed by atoms with Crippen LogP contribution in [-0.4, -0.2) is 105 Å². The van der Waals surface area contributed by atoms with Gasteiger partial charge >= 0.3 is 11.9 Å². The molecule has 0 bridgehead atoms. The molecule has 2 aromatic carbocycles. The Morgan fingerprint density at radius 2 is 1.77 bits per heavy atom. The number of hydrogen-bond acceptors (Lipinski definition) is 11. The molecule has 0 spiro atoms. The molecule has 0 aliphatic carbocycles. The highest BCUT2D eigenvalue weighted by Crippen LogP contribution is 2.49. The Hall–Kier alpha value is -2.66. The topological polar surface area (TPSA) is 124 Å². The highest BCUT2D eigenvalue weighted by molar-refractivity contribution is 7.99. The number of thiazole rings is 1. The van der Waals surface area contributed by atoms with Crippen LogP contribution >= 0.6 is 34.7 Å². The zero-order chi connectivity index (χ0) is 33.2. The predicted octanol–water partition coefficient (Wildman–Crippen LogP) is 4.65. The number of nitrogens with two attached hydrogens (primary N) is 1. The lowest BCUT2D eigenvalue weighted by molar-refractivity contribution is -0.371. The second-order valence-corrected chi connectivity index (χ2v) is 14.9. The van der Waals surface area contributed by atoms with Crippen LogP contribution in [0.1, 0.15) is 25.8 Å². The van der Waals surface area contributed by atoms with Crippen molar-refractivity contribution in [1.29, 1.82) is 0 Å². The summed E-state index contributed by atoms with van der Waals surface area (Å²) < 4.78 is 42.9. The minimum absolute atomic E-state index is 0.0551. The van der Waals surface area contributed by atoms with Gasteiger partial charge in [-0.15, -0.1) is 11.8 Å². The number of alkyl halides is 3. The largest absolute Gasteiger partial charge is 0.443 e. The lowest BCUT2D eigenvalue weighted by atomic mass is 9.88. The van der Waals surface area contributed by atoms with E-state index in [1.807, 2.05) is 18.2 Å². The highest BCUT2D eigenvalue weighted by atomic mass is 35.5. The standard InChI is InChI=1S/C31H35ClF3N7O3S2/c1-2-39-10-12-40(13-11-39)15-18-16-46-26-23(19-4-3-5-22-24(19)37-28(36)47-22)21(32)14-20-25(26)42(18)29(43)38-27(20)41-8-6-17(7-9-41)30(44,45)31(33,34)35/h3-5,14,17-18,44-45H,2,6-13,15-16H2,1H3,(H2,36,37)/t18-/m0/s1. The predicted molar refractivity (Wildman–Crippen MR) is 181 cm³/mol. The molecule has 3 aliphatic heterocycles. The smallest absolute Gasteiger partial charge is 0.375 e. The van der Waals surface area contributed by atoms with Crippen molar-refractivity contribution >= 4 is 66.8 Å². The van der Waals surface area contributed by atoms with Gasteiger partial charge in [0.2, 0.25) is 0 Å². The van der Waals surface area contributed by atoms with Crippen molar-refractivity contribution < 1.29 is 23.4 Å². The first-order valence-electron chi connectivity index (χ1n) is 15.7. The second kappa shape index (κ2) is 12.3. The Bertz CT molecular complexity index is 1890. The molecule has 47 heavy (non-hydrogen) atoms.